The summed E-state index contributed by atoms with van der Waals surface area (Å²) in [6.07, 6.45) is 4.36. The maximum absolute atomic E-state index is 12.2. The molecule has 1 aromatic heterocycles. The van der Waals surface area contributed by atoms with Crippen LogP contribution in [0.3, 0.4) is 0 Å². The smallest absolute Gasteiger partial charge is 0.270 e. The number of aromatic nitrogens is 2. The van der Waals surface area contributed by atoms with Crippen LogP contribution in [-0.2, 0) is 14.8 Å². The van der Waals surface area contributed by atoms with E-state index in [1.54, 1.807) is 0 Å². The fraction of sp³-hybridized carbons (Fsp3) is 0.727. The first-order valence-electron chi connectivity index (χ1n) is 6.57. The van der Waals surface area contributed by atoms with E-state index in [1.165, 1.54) is 13.3 Å². The summed E-state index contributed by atoms with van der Waals surface area (Å²) in [4.78, 5) is 10.9. The number of amides is 1. The highest BCUT2D eigenvalue weighted by molar-refractivity contribution is 7.91. The van der Waals surface area contributed by atoms with E-state index in [2.05, 4.69) is 20.2 Å². The fourth-order valence-electron chi connectivity index (χ4n) is 3.16. The summed E-state index contributed by atoms with van der Waals surface area (Å²) in [6.45, 7) is 1.34. The fourth-order valence-corrected chi connectivity index (χ4v) is 5.44. The van der Waals surface area contributed by atoms with Gasteiger partial charge >= 0.3 is 0 Å². The predicted octanol–water partition coefficient (Wildman–Crippen LogP) is 0.963. The van der Waals surface area contributed by atoms with Gasteiger partial charge in [-0.3, -0.25) is 4.79 Å². The van der Waals surface area contributed by atoms with E-state index in [1.807, 2.05) is 0 Å². The number of hydrogen-bond donors (Lipinski definition) is 2. The van der Waals surface area contributed by atoms with Gasteiger partial charge in [-0.2, -0.15) is 0 Å². The van der Waals surface area contributed by atoms with Crippen molar-refractivity contribution in [2.45, 2.75) is 43.0 Å². The minimum atomic E-state index is -3.64. The summed E-state index contributed by atoms with van der Waals surface area (Å²) >= 11 is 0.867. The average molecular weight is 316 g/mol. The third-order valence-electron chi connectivity index (χ3n) is 3.96. The van der Waals surface area contributed by atoms with Crippen LogP contribution in [0, 0.1) is 11.8 Å². The van der Waals surface area contributed by atoms with Crippen LogP contribution < -0.4 is 10.0 Å². The Kier molecular flexibility index (Phi) is 3.51. The highest BCUT2D eigenvalue weighted by Crippen LogP contribution is 2.44. The Hall–Kier alpha value is -1.06. The van der Waals surface area contributed by atoms with Crippen LogP contribution in [0.1, 0.15) is 32.6 Å². The molecule has 0 aromatic carbocycles. The van der Waals surface area contributed by atoms with Gasteiger partial charge in [0.25, 0.3) is 10.0 Å². The van der Waals surface area contributed by atoms with Gasteiger partial charge in [0.1, 0.15) is 0 Å². The van der Waals surface area contributed by atoms with Crippen molar-refractivity contribution in [1.29, 1.82) is 0 Å². The first-order chi connectivity index (χ1) is 9.44. The second-order valence-corrected chi connectivity index (χ2v) is 8.32. The van der Waals surface area contributed by atoms with E-state index in [9.17, 15) is 13.2 Å². The number of sulfonamides is 1. The Morgan fingerprint density at radius 1 is 1.30 bits per heavy atom. The number of hydrogen-bond acceptors (Lipinski definition) is 6. The molecule has 3 atom stereocenters. The van der Waals surface area contributed by atoms with Gasteiger partial charge in [0.15, 0.2) is 0 Å². The lowest BCUT2D eigenvalue weighted by Gasteiger charge is -2.21. The molecule has 2 bridgehead atoms. The molecule has 2 saturated carbocycles. The quantitative estimate of drug-likeness (QED) is 0.806. The Morgan fingerprint density at radius 2 is 2.10 bits per heavy atom. The number of carbonyl (C=O) groups excluding carboxylic acids is 1. The largest absolute Gasteiger partial charge is 0.301 e. The zero-order chi connectivity index (χ0) is 14.3. The van der Waals surface area contributed by atoms with E-state index in [-0.39, 0.29) is 21.4 Å². The molecule has 20 heavy (non-hydrogen) atoms. The van der Waals surface area contributed by atoms with Crippen molar-refractivity contribution in [1.82, 2.24) is 14.9 Å². The Bertz CT molecular complexity index is 627. The number of rotatable bonds is 4. The molecular weight excluding hydrogens is 300 g/mol. The monoisotopic (exact) mass is 316 g/mol. The van der Waals surface area contributed by atoms with E-state index < -0.39 is 10.0 Å². The zero-order valence-electron chi connectivity index (χ0n) is 11.0. The third-order valence-corrected chi connectivity index (χ3v) is 6.66. The summed E-state index contributed by atoms with van der Waals surface area (Å²) in [5.74, 6) is 0.820. The number of carbonyl (C=O) groups is 1. The molecular formula is C11H16N4O3S2. The SMILES string of the molecule is CC(=O)Nc1nnc(S(=O)(=O)N[C@@H]2C[C@@H]3CC[C@@H]2C3)s1. The zero-order valence-corrected chi connectivity index (χ0v) is 12.6. The molecule has 1 heterocycles. The first kappa shape index (κ1) is 13.9. The molecule has 0 radical (unpaired) electrons. The van der Waals surface area contributed by atoms with Crippen molar-refractivity contribution < 1.29 is 13.2 Å². The lowest BCUT2D eigenvalue weighted by atomic mass is 9.96. The summed E-state index contributed by atoms with van der Waals surface area (Å²) in [7, 11) is -3.64. The summed E-state index contributed by atoms with van der Waals surface area (Å²) in [6, 6.07) is 0.0202. The van der Waals surface area contributed by atoms with Gasteiger partial charge in [0.2, 0.25) is 15.4 Å². The van der Waals surface area contributed by atoms with Crippen LogP contribution in [0.5, 0.6) is 0 Å². The van der Waals surface area contributed by atoms with Gasteiger partial charge in [-0.25, -0.2) is 13.1 Å². The van der Waals surface area contributed by atoms with Crippen LogP contribution in [0.4, 0.5) is 5.13 Å². The van der Waals surface area contributed by atoms with E-state index in [0.717, 1.165) is 30.6 Å². The summed E-state index contributed by atoms with van der Waals surface area (Å²) in [5.41, 5.74) is 0. The molecule has 3 rings (SSSR count). The standard InChI is InChI=1S/C11H16N4O3S2/c1-6(16)12-10-13-14-11(19-10)20(17,18)15-9-5-7-2-3-8(9)4-7/h7-9,15H,2-5H2,1H3,(H,12,13,16)/t7-,8-,9-/m1/s1. The van der Waals surface area contributed by atoms with Crippen LogP contribution in [0.25, 0.3) is 0 Å². The van der Waals surface area contributed by atoms with Gasteiger partial charge in [-0.1, -0.05) is 17.8 Å². The molecule has 1 amide bonds. The molecule has 110 valence electrons. The topological polar surface area (TPSA) is 101 Å². The highest BCUT2D eigenvalue weighted by atomic mass is 32.2. The predicted molar refractivity (Wildman–Crippen MR) is 73.8 cm³/mol. The van der Waals surface area contributed by atoms with Gasteiger partial charge in [-0.05, 0) is 31.1 Å². The Labute approximate surface area is 121 Å². The summed E-state index contributed by atoms with van der Waals surface area (Å²) in [5, 5.41) is 9.94. The second-order valence-electron chi connectivity index (χ2n) is 5.46. The number of fused-ring (bicyclic) bond motifs is 2. The number of anilines is 1. The lowest BCUT2D eigenvalue weighted by Crippen LogP contribution is -2.38. The normalized spacial score (nSPS) is 28.8. The van der Waals surface area contributed by atoms with E-state index in [4.69, 9.17) is 0 Å². The second kappa shape index (κ2) is 5.05. The van der Waals surface area contributed by atoms with Crippen molar-refractivity contribution in [3.63, 3.8) is 0 Å². The molecule has 0 unspecified atom stereocenters. The first-order valence-corrected chi connectivity index (χ1v) is 8.87. The molecule has 9 heteroatoms. The number of nitrogens with zero attached hydrogens (tertiary/aromatic N) is 2. The molecule has 7 nitrogen and oxygen atoms in total. The van der Waals surface area contributed by atoms with Crippen LogP contribution in [-0.4, -0.2) is 30.6 Å². The maximum Gasteiger partial charge on any atom is 0.270 e. The van der Waals surface area contributed by atoms with Gasteiger partial charge in [-0.15, -0.1) is 10.2 Å². The lowest BCUT2D eigenvalue weighted by molar-refractivity contribution is -0.114. The third kappa shape index (κ3) is 2.70. The van der Waals surface area contributed by atoms with Gasteiger partial charge < -0.3 is 5.32 Å². The molecule has 2 fully saturated rings. The Morgan fingerprint density at radius 3 is 2.70 bits per heavy atom. The average Bonchev–Trinajstić information content (AvgIpc) is 3.02. The van der Waals surface area contributed by atoms with Crippen LogP contribution in [0.2, 0.25) is 0 Å². The van der Waals surface area contributed by atoms with Crippen LogP contribution in [0.15, 0.2) is 4.34 Å². The van der Waals surface area contributed by atoms with E-state index >= 15 is 0 Å². The molecule has 2 aliphatic rings. The minimum absolute atomic E-state index is 0.0202. The Balaban J connectivity index is 1.71. The molecule has 0 saturated heterocycles. The summed E-state index contributed by atoms with van der Waals surface area (Å²) < 4.78 is 27.1. The maximum atomic E-state index is 12.2. The van der Waals surface area contributed by atoms with Crippen LogP contribution >= 0.6 is 11.3 Å². The van der Waals surface area contributed by atoms with Crippen molar-refractivity contribution in [2.24, 2.45) is 11.8 Å². The van der Waals surface area contributed by atoms with Crippen molar-refractivity contribution >= 4 is 32.4 Å². The van der Waals surface area contributed by atoms with Crippen molar-refractivity contribution in [3.05, 3.63) is 0 Å². The molecule has 2 N–H and O–H groups in total. The van der Waals surface area contributed by atoms with E-state index in [0.29, 0.717) is 11.8 Å². The number of nitrogens with one attached hydrogen (secondary N) is 2. The molecule has 2 aliphatic carbocycles. The van der Waals surface area contributed by atoms with Crippen molar-refractivity contribution in [2.75, 3.05) is 5.32 Å². The van der Waals surface area contributed by atoms with Gasteiger partial charge in [0, 0.05) is 13.0 Å². The molecule has 0 aliphatic heterocycles. The molecule has 1 aromatic rings. The highest BCUT2D eigenvalue weighted by Gasteiger charge is 2.41. The minimum Gasteiger partial charge on any atom is -0.301 e. The van der Waals surface area contributed by atoms with Gasteiger partial charge in [0.05, 0.1) is 0 Å². The molecule has 0 spiro atoms. The van der Waals surface area contributed by atoms with Crippen molar-refractivity contribution in [3.8, 4) is 0 Å².